The number of nitrogens with zero attached hydrogens (tertiary/aromatic N) is 2. The Balaban J connectivity index is 1.50. The van der Waals surface area contributed by atoms with Gasteiger partial charge in [-0.25, -0.2) is 8.42 Å². The predicted octanol–water partition coefficient (Wildman–Crippen LogP) is 4.24. The fourth-order valence-corrected chi connectivity index (χ4v) is 6.30. The van der Waals surface area contributed by atoms with Crippen LogP contribution in [-0.4, -0.2) is 36.9 Å². The summed E-state index contributed by atoms with van der Waals surface area (Å²) in [4.78, 5) is 13.8. The van der Waals surface area contributed by atoms with Crippen LogP contribution < -0.4 is 5.32 Å². The van der Waals surface area contributed by atoms with Gasteiger partial charge < -0.3 is 9.84 Å². The van der Waals surface area contributed by atoms with Crippen LogP contribution in [-0.2, 0) is 21.4 Å². The maximum absolute atomic E-state index is 13.5. The molecule has 4 rings (SSSR count). The SMILES string of the molecule is Cc1ccc(/C=C/c2onc(C)c2S(=O)(=O)N2CCCC(C(=O)NCc3cccs3)C2)cc1. The molecule has 1 aliphatic heterocycles. The van der Waals surface area contributed by atoms with Crippen LogP contribution in [0.25, 0.3) is 12.2 Å². The predicted molar refractivity (Wildman–Crippen MR) is 129 cm³/mol. The number of piperidine rings is 1. The molecule has 0 radical (unpaired) electrons. The zero-order valence-corrected chi connectivity index (χ0v) is 20.3. The van der Waals surface area contributed by atoms with E-state index in [2.05, 4.69) is 10.5 Å². The Bertz CT molecular complexity index is 1230. The third-order valence-corrected chi connectivity index (χ3v) is 8.61. The number of carbonyl (C=O) groups excluding carboxylic acids is 1. The largest absolute Gasteiger partial charge is 0.355 e. The zero-order valence-electron chi connectivity index (χ0n) is 18.7. The minimum atomic E-state index is -3.87. The van der Waals surface area contributed by atoms with Gasteiger partial charge in [-0.05, 0) is 49.8 Å². The van der Waals surface area contributed by atoms with E-state index in [4.69, 9.17) is 4.52 Å². The molecule has 0 aliphatic carbocycles. The van der Waals surface area contributed by atoms with E-state index in [0.717, 1.165) is 16.0 Å². The molecule has 9 heteroatoms. The van der Waals surface area contributed by atoms with Crippen molar-refractivity contribution in [1.82, 2.24) is 14.8 Å². The summed E-state index contributed by atoms with van der Waals surface area (Å²) in [5, 5.41) is 8.80. The fraction of sp³-hybridized carbons (Fsp3) is 0.333. The molecule has 1 N–H and O–H groups in total. The molecule has 3 aromatic rings. The molecular formula is C24H27N3O4S2. The van der Waals surface area contributed by atoms with Crippen LogP contribution in [0.15, 0.2) is 51.2 Å². The van der Waals surface area contributed by atoms with Gasteiger partial charge in [0.2, 0.25) is 15.9 Å². The first kappa shape index (κ1) is 23.4. The molecule has 0 bridgehead atoms. The van der Waals surface area contributed by atoms with Gasteiger partial charge in [0, 0.05) is 18.0 Å². The standard InChI is InChI=1S/C24H27N3O4S2/c1-17-7-9-19(10-8-17)11-12-22-23(18(2)26-31-22)33(29,30)27-13-3-5-20(16-27)24(28)25-15-21-6-4-14-32-21/h4,6-12,14,20H,3,5,13,15-16H2,1-2H3,(H,25,28)/b12-11+. The number of carbonyl (C=O) groups is 1. The highest BCUT2D eigenvalue weighted by Crippen LogP contribution is 2.29. The summed E-state index contributed by atoms with van der Waals surface area (Å²) in [6.07, 6.45) is 4.71. The van der Waals surface area contributed by atoms with Crippen LogP contribution in [0, 0.1) is 19.8 Å². The molecule has 3 heterocycles. The van der Waals surface area contributed by atoms with Crippen molar-refractivity contribution in [2.75, 3.05) is 13.1 Å². The highest BCUT2D eigenvalue weighted by Gasteiger charge is 2.36. The van der Waals surface area contributed by atoms with E-state index in [9.17, 15) is 13.2 Å². The molecule has 1 aliphatic rings. The molecule has 0 saturated carbocycles. The monoisotopic (exact) mass is 485 g/mol. The Kier molecular flexibility index (Phi) is 7.11. The van der Waals surface area contributed by atoms with Gasteiger partial charge in [-0.15, -0.1) is 11.3 Å². The van der Waals surface area contributed by atoms with Crippen molar-refractivity contribution in [2.24, 2.45) is 5.92 Å². The van der Waals surface area contributed by atoms with E-state index in [1.807, 2.05) is 48.7 Å². The van der Waals surface area contributed by atoms with Crippen LogP contribution in [0.4, 0.5) is 0 Å². The number of benzene rings is 1. The number of rotatable bonds is 7. The van der Waals surface area contributed by atoms with E-state index in [-0.39, 0.29) is 29.0 Å². The quantitative estimate of drug-likeness (QED) is 0.540. The molecule has 1 saturated heterocycles. The van der Waals surface area contributed by atoms with Crippen LogP contribution in [0.3, 0.4) is 0 Å². The number of amides is 1. The summed E-state index contributed by atoms with van der Waals surface area (Å²) in [5.74, 6) is -0.317. The Hall–Kier alpha value is -2.75. The van der Waals surface area contributed by atoms with E-state index in [0.29, 0.717) is 31.6 Å². The molecular weight excluding hydrogens is 458 g/mol. The normalized spacial score (nSPS) is 17.5. The second-order valence-corrected chi connectivity index (χ2v) is 11.1. The first-order valence-electron chi connectivity index (χ1n) is 10.9. The first-order valence-corrected chi connectivity index (χ1v) is 13.2. The van der Waals surface area contributed by atoms with Gasteiger partial charge in [-0.1, -0.05) is 47.1 Å². The topological polar surface area (TPSA) is 92.5 Å². The van der Waals surface area contributed by atoms with Gasteiger partial charge in [0.1, 0.15) is 5.69 Å². The van der Waals surface area contributed by atoms with Crippen LogP contribution in [0.5, 0.6) is 0 Å². The minimum absolute atomic E-state index is 0.0607. The van der Waals surface area contributed by atoms with E-state index in [1.165, 1.54) is 4.31 Å². The number of nitrogens with one attached hydrogen (secondary N) is 1. The second-order valence-electron chi connectivity index (χ2n) is 8.20. The lowest BCUT2D eigenvalue weighted by Gasteiger charge is -2.31. The third kappa shape index (κ3) is 5.43. The molecule has 1 fully saturated rings. The lowest BCUT2D eigenvalue weighted by atomic mass is 9.99. The Morgan fingerprint density at radius 3 is 2.76 bits per heavy atom. The third-order valence-electron chi connectivity index (χ3n) is 5.71. The van der Waals surface area contributed by atoms with E-state index >= 15 is 0 Å². The maximum atomic E-state index is 13.5. The van der Waals surface area contributed by atoms with E-state index < -0.39 is 10.0 Å². The summed E-state index contributed by atoms with van der Waals surface area (Å²) in [6.45, 7) is 4.59. The average molecular weight is 486 g/mol. The second kappa shape index (κ2) is 10.0. The molecule has 7 nitrogen and oxygen atoms in total. The van der Waals surface area contributed by atoms with Crippen molar-refractivity contribution in [3.63, 3.8) is 0 Å². The van der Waals surface area contributed by atoms with Gasteiger partial charge in [-0.2, -0.15) is 4.31 Å². The molecule has 1 aromatic carbocycles. The number of aryl methyl sites for hydroxylation is 2. The number of sulfonamides is 1. The zero-order chi connectivity index (χ0) is 23.4. The Morgan fingerprint density at radius 1 is 1.24 bits per heavy atom. The van der Waals surface area contributed by atoms with Gasteiger partial charge in [0.25, 0.3) is 0 Å². The maximum Gasteiger partial charge on any atom is 0.248 e. The van der Waals surface area contributed by atoms with Crippen molar-refractivity contribution in [3.05, 3.63) is 69.2 Å². The van der Waals surface area contributed by atoms with Crippen molar-refractivity contribution in [2.45, 2.75) is 38.1 Å². The highest BCUT2D eigenvalue weighted by atomic mass is 32.2. The van der Waals surface area contributed by atoms with Crippen LogP contribution in [0.2, 0.25) is 0 Å². The number of thiophene rings is 1. The van der Waals surface area contributed by atoms with E-state index in [1.54, 1.807) is 30.4 Å². The summed E-state index contributed by atoms with van der Waals surface area (Å²) in [7, 11) is -3.87. The summed E-state index contributed by atoms with van der Waals surface area (Å²) < 4.78 is 33.8. The average Bonchev–Trinajstić information content (AvgIpc) is 3.47. The van der Waals surface area contributed by atoms with Crippen LogP contribution >= 0.6 is 11.3 Å². The van der Waals surface area contributed by atoms with Gasteiger partial charge in [-0.3, -0.25) is 4.79 Å². The minimum Gasteiger partial charge on any atom is -0.355 e. The summed E-state index contributed by atoms with van der Waals surface area (Å²) >= 11 is 1.58. The molecule has 1 amide bonds. The Morgan fingerprint density at radius 2 is 2.03 bits per heavy atom. The molecule has 2 aromatic heterocycles. The molecule has 174 valence electrons. The smallest absolute Gasteiger partial charge is 0.248 e. The van der Waals surface area contributed by atoms with Gasteiger partial charge >= 0.3 is 0 Å². The van der Waals surface area contributed by atoms with Crippen LogP contribution in [0.1, 0.15) is 40.3 Å². The van der Waals surface area contributed by atoms with Gasteiger partial charge in [0.05, 0.1) is 12.5 Å². The highest BCUT2D eigenvalue weighted by molar-refractivity contribution is 7.89. The lowest BCUT2D eigenvalue weighted by Crippen LogP contribution is -2.45. The number of aromatic nitrogens is 1. The van der Waals surface area contributed by atoms with Crippen molar-refractivity contribution >= 4 is 39.4 Å². The number of hydrogen-bond acceptors (Lipinski definition) is 6. The summed E-state index contributed by atoms with van der Waals surface area (Å²) in [6, 6.07) is 11.8. The molecule has 33 heavy (non-hydrogen) atoms. The Labute approximate surface area is 198 Å². The molecule has 1 atom stereocenters. The first-order chi connectivity index (χ1) is 15.8. The fourth-order valence-electron chi connectivity index (χ4n) is 3.88. The number of hydrogen-bond donors (Lipinski definition) is 1. The summed E-state index contributed by atoms with van der Waals surface area (Å²) in [5.41, 5.74) is 2.38. The van der Waals surface area contributed by atoms with Crippen molar-refractivity contribution < 1.29 is 17.7 Å². The molecule has 1 unspecified atom stereocenters. The lowest BCUT2D eigenvalue weighted by molar-refractivity contribution is -0.126. The van der Waals surface area contributed by atoms with Gasteiger partial charge in [0.15, 0.2) is 10.7 Å². The van der Waals surface area contributed by atoms with Crippen molar-refractivity contribution in [1.29, 1.82) is 0 Å². The molecule has 0 spiro atoms. The van der Waals surface area contributed by atoms with Crippen molar-refractivity contribution in [3.8, 4) is 0 Å².